The van der Waals surface area contributed by atoms with Crippen LogP contribution in [0.5, 0.6) is 0 Å². The molecule has 19 heavy (non-hydrogen) atoms. The maximum atomic E-state index is 12.2. The fourth-order valence-electron chi connectivity index (χ4n) is 2.12. The fourth-order valence-corrected chi connectivity index (χ4v) is 2.74. The molecular formula is C13H22N2O3S. The normalized spacial score (nSPS) is 15.9. The Kier molecular flexibility index (Phi) is 5.87. The molecule has 0 radical (unpaired) electrons. The minimum Gasteiger partial charge on any atom is -0.395 e. The molecule has 1 aromatic rings. The smallest absolute Gasteiger partial charge is 0.227 e. The zero-order chi connectivity index (χ0) is 14.6. The first-order valence-electron chi connectivity index (χ1n) is 6.29. The van der Waals surface area contributed by atoms with Crippen LogP contribution >= 0.6 is 11.8 Å². The molecule has 0 fully saturated rings. The number of aliphatic hydroxyl groups is 1. The summed E-state index contributed by atoms with van der Waals surface area (Å²) in [5.74, 6) is 0.292. The van der Waals surface area contributed by atoms with Gasteiger partial charge in [0.2, 0.25) is 5.91 Å². The van der Waals surface area contributed by atoms with Crippen LogP contribution in [0, 0.1) is 13.8 Å². The molecule has 3 unspecified atom stereocenters. The van der Waals surface area contributed by atoms with Gasteiger partial charge in [0, 0.05) is 16.9 Å². The quantitative estimate of drug-likeness (QED) is 0.831. The molecule has 0 aliphatic rings. The lowest BCUT2D eigenvalue weighted by Crippen LogP contribution is -2.43. The van der Waals surface area contributed by atoms with E-state index in [1.54, 1.807) is 6.92 Å². The van der Waals surface area contributed by atoms with Gasteiger partial charge in [-0.15, -0.1) is 0 Å². The standard InChI is InChI=1S/C13H22N2O3S/c1-7(12-9(3)15-18-10(12)4)13(17)14-8(2)11(6-16)19-5/h7-8,11,16H,6H2,1-5H3,(H,14,17). The second-order valence-electron chi connectivity index (χ2n) is 4.71. The molecule has 0 saturated carbocycles. The van der Waals surface area contributed by atoms with Crippen molar-refractivity contribution < 1.29 is 14.4 Å². The third kappa shape index (κ3) is 3.73. The molecule has 1 aromatic heterocycles. The van der Waals surface area contributed by atoms with E-state index < -0.39 is 0 Å². The summed E-state index contributed by atoms with van der Waals surface area (Å²) in [6.45, 7) is 7.41. The number of aromatic nitrogens is 1. The maximum absolute atomic E-state index is 12.2. The van der Waals surface area contributed by atoms with Gasteiger partial charge in [-0.05, 0) is 34.0 Å². The van der Waals surface area contributed by atoms with Crippen molar-refractivity contribution in [3.8, 4) is 0 Å². The van der Waals surface area contributed by atoms with E-state index in [2.05, 4.69) is 10.5 Å². The zero-order valence-electron chi connectivity index (χ0n) is 12.1. The monoisotopic (exact) mass is 286 g/mol. The molecule has 0 saturated heterocycles. The van der Waals surface area contributed by atoms with Crippen molar-refractivity contribution in [2.75, 3.05) is 12.9 Å². The Labute approximate surface area is 118 Å². The van der Waals surface area contributed by atoms with Gasteiger partial charge in [0.1, 0.15) is 5.76 Å². The number of amides is 1. The minimum absolute atomic E-state index is 0.000758. The van der Waals surface area contributed by atoms with Gasteiger partial charge in [-0.2, -0.15) is 11.8 Å². The molecule has 108 valence electrons. The minimum atomic E-state index is -0.310. The number of aryl methyl sites for hydroxylation is 2. The lowest BCUT2D eigenvalue weighted by molar-refractivity contribution is -0.122. The highest BCUT2D eigenvalue weighted by Gasteiger charge is 2.25. The second kappa shape index (κ2) is 6.96. The van der Waals surface area contributed by atoms with Crippen LogP contribution in [0.2, 0.25) is 0 Å². The second-order valence-corrected chi connectivity index (χ2v) is 5.79. The van der Waals surface area contributed by atoms with Crippen molar-refractivity contribution in [3.05, 3.63) is 17.0 Å². The topological polar surface area (TPSA) is 75.4 Å². The van der Waals surface area contributed by atoms with Crippen molar-refractivity contribution in [1.82, 2.24) is 10.5 Å². The first-order valence-corrected chi connectivity index (χ1v) is 7.57. The van der Waals surface area contributed by atoms with Crippen molar-refractivity contribution >= 4 is 17.7 Å². The SMILES string of the molecule is CSC(CO)C(C)NC(=O)C(C)c1c(C)noc1C. The fraction of sp³-hybridized carbons (Fsp3) is 0.692. The average molecular weight is 286 g/mol. The summed E-state index contributed by atoms with van der Waals surface area (Å²) >= 11 is 1.54. The van der Waals surface area contributed by atoms with Crippen LogP contribution in [-0.2, 0) is 4.79 Å². The van der Waals surface area contributed by atoms with Crippen LogP contribution in [0.15, 0.2) is 4.52 Å². The number of rotatable bonds is 6. The molecule has 0 spiro atoms. The number of hydrogen-bond donors (Lipinski definition) is 2. The summed E-state index contributed by atoms with van der Waals surface area (Å²) < 4.78 is 5.09. The van der Waals surface area contributed by atoms with Gasteiger partial charge in [0.25, 0.3) is 0 Å². The number of hydrogen-bond acceptors (Lipinski definition) is 5. The molecule has 0 aliphatic carbocycles. The predicted octanol–water partition coefficient (Wildman–Crippen LogP) is 1.62. The Morgan fingerprint density at radius 1 is 1.47 bits per heavy atom. The molecule has 2 N–H and O–H groups in total. The van der Waals surface area contributed by atoms with E-state index in [0.717, 1.165) is 11.3 Å². The number of carbonyl (C=O) groups excluding carboxylic acids is 1. The Morgan fingerprint density at radius 2 is 2.11 bits per heavy atom. The molecule has 3 atom stereocenters. The number of nitrogens with one attached hydrogen (secondary N) is 1. The molecular weight excluding hydrogens is 264 g/mol. The average Bonchev–Trinajstić information content (AvgIpc) is 2.69. The number of carbonyl (C=O) groups is 1. The third-order valence-electron chi connectivity index (χ3n) is 3.33. The lowest BCUT2D eigenvalue weighted by atomic mass is 9.98. The summed E-state index contributed by atoms with van der Waals surface area (Å²) in [5, 5.41) is 16.0. The van der Waals surface area contributed by atoms with E-state index in [9.17, 15) is 9.90 Å². The summed E-state index contributed by atoms with van der Waals surface area (Å²) in [6.07, 6.45) is 1.92. The van der Waals surface area contributed by atoms with Gasteiger partial charge in [-0.3, -0.25) is 4.79 Å². The maximum Gasteiger partial charge on any atom is 0.227 e. The molecule has 0 aliphatic heterocycles. The summed E-state index contributed by atoms with van der Waals surface area (Å²) in [7, 11) is 0. The first kappa shape index (κ1) is 16.0. The van der Waals surface area contributed by atoms with Crippen molar-refractivity contribution in [2.45, 2.75) is 44.9 Å². The van der Waals surface area contributed by atoms with Crippen molar-refractivity contribution in [1.29, 1.82) is 0 Å². The highest BCUT2D eigenvalue weighted by atomic mass is 32.2. The number of nitrogens with zero attached hydrogens (tertiary/aromatic N) is 1. The summed E-state index contributed by atoms with van der Waals surface area (Å²) in [4.78, 5) is 12.2. The highest BCUT2D eigenvalue weighted by molar-refractivity contribution is 7.99. The number of aliphatic hydroxyl groups excluding tert-OH is 1. The first-order chi connectivity index (χ1) is 8.92. The van der Waals surface area contributed by atoms with E-state index in [-0.39, 0.29) is 29.7 Å². The van der Waals surface area contributed by atoms with Crippen LogP contribution < -0.4 is 5.32 Å². The van der Waals surface area contributed by atoms with E-state index in [4.69, 9.17) is 4.52 Å². The van der Waals surface area contributed by atoms with Gasteiger partial charge in [0.15, 0.2) is 0 Å². The Morgan fingerprint density at radius 3 is 2.53 bits per heavy atom. The van der Waals surface area contributed by atoms with Crippen LogP contribution in [0.4, 0.5) is 0 Å². The molecule has 0 aromatic carbocycles. The zero-order valence-corrected chi connectivity index (χ0v) is 12.9. The van der Waals surface area contributed by atoms with E-state index >= 15 is 0 Å². The van der Waals surface area contributed by atoms with Gasteiger partial charge in [0.05, 0.1) is 18.2 Å². The largest absolute Gasteiger partial charge is 0.395 e. The van der Waals surface area contributed by atoms with Crippen LogP contribution in [0.1, 0.15) is 36.8 Å². The van der Waals surface area contributed by atoms with Crippen LogP contribution in [0.3, 0.4) is 0 Å². The van der Waals surface area contributed by atoms with Gasteiger partial charge >= 0.3 is 0 Å². The van der Waals surface area contributed by atoms with Gasteiger partial charge in [-0.25, -0.2) is 0 Å². The van der Waals surface area contributed by atoms with E-state index in [1.807, 2.05) is 27.0 Å². The molecule has 5 nitrogen and oxygen atoms in total. The molecule has 1 heterocycles. The van der Waals surface area contributed by atoms with E-state index in [0.29, 0.717) is 5.76 Å². The van der Waals surface area contributed by atoms with Crippen molar-refractivity contribution in [3.63, 3.8) is 0 Å². The van der Waals surface area contributed by atoms with Crippen LogP contribution in [-0.4, -0.2) is 40.3 Å². The van der Waals surface area contributed by atoms with Crippen LogP contribution in [0.25, 0.3) is 0 Å². The molecule has 1 amide bonds. The summed E-state index contributed by atoms with van der Waals surface area (Å²) in [5.41, 5.74) is 1.59. The van der Waals surface area contributed by atoms with Gasteiger partial charge in [-0.1, -0.05) is 5.16 Å². The third-order valence-corrected chi connectivity index (χ3v) is 4.49. The van der Waals surface area contributed by atoms with E-state index in [1.165, 1.54) is 11.8 Å². The lowest BCUT2D eigenvalue weighted by Gasteiger charge is -2.23. The summed E-state index contributed by atoms with van der Waals surface area (Å²) in [6, 6.07) is -0.0876. The Bertz CT molecular complexity index is 410. The van der Waals surface area contributed by atoms with Gasteiger partial charge < -0.3 is 14.9 Å². The highest BCUT2D eigenvalue weighted by Crippen LogP contribution is 2.23. The molecule has 0 bridgehead atoms. The Hall–Kier alpha value is -1.01. The molecule has 6 heteroatoms. The number of thioether (sulfide) groups is 1. The van der Waals surface area contributed by atoms with Crippen molar-refractivity contribution in [2.24, 2.45) is 0 Å². The predicted molar refractivity (Wildman–Crippen MR) is 76.4 cm³/mol. The molecule has 1 rings (SSSR count). The Balaban J connectivity index is 2.73.